The lowest BCUT2D eigenvalue weighted by Crippen LogP contribution is -2.47. The number of carbonyl (C=O) groups excluding carboxylic acids is 2. The summed E-state index contributed by atoms with van der Waals surface area (Å²) in [6, 6.07) is 9.46. The van der Waals surface area contributed by atoms with Crippen LogP contribution in [0.15, 0.2) is 42.5 Å². The highest BCUT2D eigenvalue weighted by molar-refractivity contribution is 6.04. The van der Waals surface area contributed by atoms with Gasteiger partial charge in [-0.1, -0.05) is 0 Å². The molecule has 26 heavy (non-hydrogen) atoms. The van der Waals surface area contributed by atoms with E-state index < -0.39 is 17.5 Å². The van der Waals surface area contributed by atoms with Crippen molar-refractivity contribution in [1.82, 2.24) is 9.80 Å². The number of halogens is 2. The summed E-state index contributed by atoms with van der Waals surface area (Å²) in [5, 5.41) is 2.60. The zero-order valence-corrected chi connectivity index (χ0v) is 14.3. The SMILES string of the molecule is CN1CCN(C(=O)c2ccc(NC(=O)c3ccc(F)c(F)c3)cc2)CC1. The van der Waals surface area contributed by atoms with E-state index in [1.165, 1.54) is 6.07 Å². The van der Waals surface area contributed by atoms with Gasteiger partial charge in [-0.15, -0.1) is 0 Å². The van der Waals surface area contributed by atoms with E-state index in [0.717, 1.165) is 25.2 Å². The Kier molecular flexibility index (Phi) is 5.27. The Morgan fingerprint density at radius 3 is 2.12 bits per heavy atom. The monoisotopic (exact) mass is 359 g/mol. The number of anilines is 1. The summed E-state index contributed by atoms with van der Waals surface area (Å²) in [6.45, 7) is 3.05. The zero-order valence-electron chi connectivity index (χ0n) is 14.3. The Balaban J connectivity index is 1.64. The summed E-state index contributed by atoms with van der Waals surface area (Å²) in [7, 11) is 2.02. The topological polar surface area (TPSA) is 52.6 Å². The average molecular weight is 359 g/mol. The minimum Gasteiger partial charge on any atom is -0.336 e. The van der Waals surface area contributed by atoms with Gasteiger partial charge in [0.1, 0.15) is 0 Å². The third-order valence-corrected chi connectivity index (χ3v) is 4.36. The van der Waals surface area contributed by atoms with E-state index >= 15 is 0 Å². The molecule has 1 N–H and O–H groups in total. The van der Waals surface area contributed by atoms with Gasteiger partial charge < -0.3 is 15.1 Å². The van der Waals surface area contributed by atoms with E-state index in [4.69, 9.17) is 0 Å². The Morgan fingerprint density at radius 2 is 1.50 bits per heavy atom. The van der Waals surface area contributed by atoms with Crippen molar-refractivity contribution in [3.63, 3.8) is 0 Å². The second kappa shape index (κ2) is 7.61. The van der Waals surface area contributed by atoms with Crippen molar-refractivity contribution in [3.8, 4) is 0 Å². The number of piperazine rings is 1. The molecule has 1 heterocycles. The summed E-state index contributed by atoms with van der Waals surface area (Å²) in [5.41, 5.74) is 1.02. The van der Waals surface area contributed by atoms with E-state index in [-0.39, 0.29) is 11.5 Å². The average Bonchev–Trinajstić information content (AvgIpc) is 2.64. The van der Waals surface area contributed by atoms with Gasteiger partial charge in [0.2, 0.25) is 0 Å². The molecule has 7 heteroatoms. The number of benzene rings is 2. The largest absolute Gasteiger partial charge is 0.336 e. The fourth-order valence-corrected chi connectivity index (χ4v) is 2.73. The van der Waals surface area contributed by atoms with Crippen LogP contribution >= 0.6 is 0 Å². The maximum atomic E-state index is 13.2. The molecular formula is C19H19F2N3O2. The molecule has 0 atom stereocenters. The Morgan fingerprint density at radius 1 is 0.885 bits per heavy atom. The number of hydrogen-bond acceptors (Lipinski definition) is 3. The summed E-state index contributed by atoms with van der Waals surface area (Å²) in [4.78, 5) is 28.5. The van der Waals surface area contributed by atoms with Crippen LogP contribution in [0.4, 0.5) is 14.5 Å². The van der Waals surface area contributed by atoms with Crippen molar-refractivity contribution in [3.05, 3.63) is 65.2 Å². The van der Waals surface area contributed by atoms with Crippen molar-refractivity contribution in [2.75, 3.05) is 38.5 Å². The van der Waals surface area contributed by atoms with Gasteiger partial charge in [-0.25, -0.2) is 8.78 Å². The summed E-state index contributed by atoms with van der Waals surface area (Å²) in [5.74, 6) is -2.68. The van der Waals surface area contributed by atoms with Gasteiger partial charge in [0, 0.05) is 43.0 Å². The third-order valence-electron chi connectivity index (χ3n) is 4.36. The van der Waals surface area contributed by atoms with E-state index in [2.05, 4.69) is 10.2 Å². The van der Waals surface area contributed by atoms with Crippen molar-refractivity contribution in [2.24, 2.45) is 0 Å². The molecule has 2 amide bonds. The predicted molar refractivity (Wildman–Crippen MR) is 94.2 cm³/mol. The molecule has 1 aliphatic heterocycles. The Bertz CT molecular complexity index is 816. The van der Waals surface area contributed by atoms with Gasteiger partial charge in [0.05, 0.1) is 0 Å². The number of rotatable bonds is 3. The number of likely N-dealkylation sites (N-methyl/N-ethyl adjacent to an activating group) is 1. The number of nitrogens with one attached hydrogen (secondary N) is 1. The first-order chi connectivity index (χ1) is 12.4. The molecule has 5 nitrogen and oxygen atoms in total. The molecule has 136 valence electrons. The van der Waals surface area contributed by atoms with Crippen molar-refractivity contribution in [2.45, 2.75) is 0 Å². The van der Waals surface area contributed by atoms with Crippen molar-refractivity contribution >= 4 is 17.5 Å². The van der Waals surface area contributed by atoms with Gasteiger partial charge >= 0.3 is 0 Å². The van der Waals surface area contributed by atoms with Crippen molar-refractivity contribution in [1.29, 1.82) is 0 Å². The smallest absolute Gasteiger partial charge is 0.255 e. The fraction of sp³-hybridized carbons (Fsp3) is 0.263. The number of hydrogen-bond donors (Lipinski definition) is 1. The third kappa shape index (κ3) is 4.05. The number of nitrogens with zero attached hydrogens (tertiary/aromatic N) is 2. The first kappa shape index (κ1) is 18.0. The lowest BCUT2D eigenvalue weighted by atomic mass is 10.1. The van der Waals surface area contributed by atoms with Crippen LogP contribution in [0, 0.1) is 11.6 Å². The van der Waals surface area contributed by atoms with E-state index in [0.29, 0.717) is 24.3 Å². The standard InChI is InChI=1S/C19H19F2N3O2/c1-23-8-10-24(11-9-23)19(26)13-2-5-15(6-3-13)22-18(25)14-4-7-16(20)17(21)12-14/h2-7,12H,8-11H2,1H3,(H,22,25). The highest BCUT2D eigenvalue weighted by Crippen LogP contribution is 2.15. The maximum absolute atomic E-state index is 13.2. The van der Waals surface area contributed by atoms with E-state index in [9.17, 15) is 18.4 Å². The first-order valence-electron chi connectivity index (χ1n) is 8.28. The van der Waals surface area contributed by atoms with Crippen LogP contribution in [0.3, 0.4) is 0 Å². The first-order valence-corrected chi connectivity index (χ1v) is 8.28. The van der Waals surface area contributed by atoms with Gasteiger partial charge in [-0.2, -0.15) is 0 Å². The molecule has 0 unspecified atom stereocenters. The fourth-order valence-electron chi connectivity index (χ4n) is 2.73. The van der Waals surface area contributed by atoms with Crippen LogP contribution < -0.4 is 5.32 Å². The molecule has 2 aromatic rings. The number of amides is 2. The second-order valence-electron chi connectivity index (χ2n) is 6.26. The zero-order chi connectivity index (χ0) is 18.7. The molecule has 0 radical (unpaired) electrons. The molecule has 0 bridgehead atoms. The van der Waals surface area contributed by atoms with Gasteiger partial charge in [-0.3, -0.25) is 9.59 Å². The van der Waals surface area contributed by atoms with Gasteiger partial charge in [0.15, 0.2) is 11.6 Å². The number of carbonyl (C=O) groups is 2. The minimum atomic E-state index is -1.08. The minimum absolute atomic E-state index is 0.0153. The molecule has 1 fully saturated rings. The normalized spacial score (nSPS) is 15.0. The molecule has 0 spiro atoms. The van der Waals surface area contributed by atoms with Gasteiger partial charge in [-0.05, 0) is 49.5 Å². The molecule has 3 rings (SSSR count). The molecule has 0 saturated carbocycles. The highest BCUT2D eigenvalue weighted by atomic mass is 19.2. The molecule has 1 saturated heterocycles. The van der Waals surface area contributed by atoms with E-state index in [1.807, 2.05) is 7.05 Å². The lowest BCUT2D eigenvalue weighted by Gasteiger charge is -2.32. The quantitative estimate of drug-likeness (QED) is 0.917. The predicted octanol–water partition coefficient (Wildman–Crippen LogP) is 2.60. The van der Waals surface area contributed by atoms with E-state index in [1.54, 1.807) is 29.2 Å². The summed E-state index contributed by atoms with van der Waals surface area (Å²) >= 11 is 0. The lowest BCUT2D eigenvalue weighted by molar-refractivity contribution is 0.0664. The van der Waals surface area contributed by atoms with Crippen LogP contribution in [0.1, 0.15) is 20.7 Å². The summed E-state index contributed by atoms with van der Waals surface area (Å²) in [6.07, 6.45) is 0. The molecule has 0 aliphatic carbocycles. The molecule has 1 aliphatic rings. The Hall–Kier alpha value is -2.80. The van der Waals surface area contributed by atoms with Gasteiger partial charge in [0.25, 0.3) is 11.8 Å². The molecule has 2 aromatic carbocycles. The summed E-state index contributed by atoms with van der Waals surface area (Å²) < 4.78 is 26.2. The van der Waals surface area contributed by atoms with Crippen LogP contribution in [-0.4, -0.2) is 54.8 Å². The highest BCUT2D eigenvalue weighted by Gasteiger charge is 2.20. The van der Waals surface area contributed by atoms with Crippen molar-refractivity contribution < 1.29 is 18.4 Å². The maximum Gasteiger partial charge on any atom is 0.255 e. The second-order valence-corrected chi connectivity index (χ2v) is 6.26. The van der Waals surface area contributed by atoms with Crippen LogP contribution in [0.2, 0.25) is 0 Å². The molecule has 0 aromatic heterocycles. The van der Waals surface area contributed by atoms with Crippen LogP contribution in [0.25, 0.3) is 0 Å². The Labute approximate surface area is 150 Å². The van der Waals surface area contributed by atoms with Crippen LogP contribution in [0.5, 0.6) is 0 Å². The van der Waals surface area contributed by atoms with Crippen LogP contribution in [-0.2, 0) is 0 Å². The molecular weight excluding hydrogens is 340 g/mol.